The number of carbonyl (C=O) groups excluding carboxylic acids is 1. The molecular formula is C14H15NO4S. The van der Waals surface area contributed by atoms with Crippen LogP contribution >= 0.6 is 11.3 Å². The van der Waals surface area contributed by atoms with E-state index in [1.807, 2.05) is 18.4 Å². The van der Waals surface area contributed by atoms with Gasteiger partial charge in [-0.25, -0.2) is 4.79 Å². The molecule has 0 bridgehead atoms. The summed E-state index contributed by atoms with van der Waals surface area (Å²) in [5.41, 5.74) is 1.17. The number of thiophene rings is 1. The maximum Gasteiger partial charge on any atom is 0.339 e. The van der Waals surface area contributed by atoms with Gasteiger partial charge in [-0.3, -0.25) is 4.79 Å². The van der Waals surface area contributed by atoms with Crippen LogP contribution in [-0.4, -0.2) is 17.0 Å². The van der Waals surface area contributed by atoms with Crippen molar-refractivity contribution < 1.29 is 19.1 Å². The van der Waals surface area contributed by atoms with Crippen LogP contribution in [0.15, 0.2) is 21.9 Å². The molecule has 2 aromatic heterocycles. The molecule has 0 saturated carbocycles. The number of carboxylic acid groups (broad SMARTS) is 1. The van der Waals surface area contributed by atoms with Crippen LogP contribution in [0.1, 0.15) is 44.0 Å². The van der Waals surface area contributed by atoms with E-state index in [1.54, 1.807) is 18.3 Å². The van der Waals surface area contributed by atoms with Crippen LogP contribution in [0.4, 0.5) is 0 Å². The first-order valence-electron chi connectivity index (χ1n) is 6.20. The summed E-state index contributed by atoms with van der Waals surface area (Å²) in [7, 11) is 0. The zero-order chi connectivity index (χ0) is 14.7. The quantitative estimate of drug-likeness (QED) is 0.888. The van der Waals surface area contributed by atoms with Gasteiger partial charge in [0.2, 0.25) is 0 Å². The van der Waals surface area contributed by atoms with E-state index in [2.05, 4.69) is 5.32 Å². The van der Waals surface area contributed by atoms with Gasteiger partial charge in [0.15, 0.2) is 5.76 Å². The Labute approximate surface area is 120 Å². The van der Waals surface area contributed by atoms with Gasteiger partial charge in [-0.15, -0.1) is 11.3 Å². The van der Waals surface area contributed by atoms with Gasteiger partial charge in [-0.1, -0.05) is 6.92 Å². The Morgan fingerprint density at radius 2 is 2.20 bits per heavy atom. The third-order valence-corrected chi connectivity index (χ3v) is 3.98. The van der Waals surface area contributed by atoms with E-state index < -0.39 is 11.9 Å². The number of hydrogen-bond acceptors (Lipinski definition) is 4. The number of carbonyl (C=O) groups is 2. The highest BCUT2D eigenvalue weighted by Crippen LogP contribution is 2.18. The Kier molecular flexibility index (Phi) is 4.24. The second kappa shape index (κ2) is 5.92. The van der Waals surface area contributed by atoms with Crippen molar-refractivity contribution in [1.29, 1.82) is 0 Å². The molecule has 2 rings (SSSR count). The molecule has 2 aromatic rings. The van der Waals surface area contributed by atoms with Crippen molar-refractivity contribution in [1.82, 2.24) is 5.32 Å². The van der Waals surface area contributed by atoms with E-state index in [-0.39, 0.29) is 11.3 Å². The number of carboxylic acids is 1. The van der Waals surface area contributed by atoms with E-state index in [0.29, 0.717) is 18.7 Å². The summed E-state index contributed by atoms with van der Waals surface area (Å²) in [5.74, 6) is -1.14. The van der Waals surface area contributed by atoms with Gasteiger partial charge in [0.05, 0.1) is 6.54 Å². The second-order valence-corrected chi connectivity index (χ2v) is 5.32. The lowest BCUT2D eigenvalue weighted by atomic mass is 10.2. The molecule has 0 atom stereocenters. The largest absolute Gasteiger partial charge is 0.478 e. The van der Waals surface area contributed by atoms with E-state index in [9.17, 15) is 9.59 Å². The summed E-state index contributed by atoms with van der Waals surface area (Å²) in [6, 6.07) is 3.26. The molecule has 2 heterocycles. The minimum atomic E-state index is -1.08. The summed E-state index contributed by atoms with van der Waals surface area (Å²) < 4.78 is 5.30. The molecule has 0 aromatic carbocycles. The first-order valence-corrected chi connectivity index (χ1v) is 7.08. The van der Waals surface area contributed by atoms with E-state index in [0.717, 1.165) is 10.4 Å². The van der Waals surface area contributed by atoms with Crippen LogP contribution < -0.4 is 5.32 Å². The Morgan fingerprint density at radius 3 is 2.70 bits per heavy atom. The Balaban J connectivity index is 2.09. The van der Waals surface area contributed by atoms with Crippen LogP contribution in [0.25, 0.3) is 0 Å². The number of furan rings is 1. The SMILES string of the molecule is CCc1oc(C(=O)NCc2sccc2C)cc1C(=O)O. The van der Waals surface area contributed by atoms with Crippen molar-refractivity contribution in [3.05, 3.63) is 45.0 Å². The summed E-state index contributed by atoms with van der Waals surface area (Å²) in [6.45, 7) is 4.16. The summed E-state index contributed by atoms with van der Waals surface area (Å²) in [5, 5.41) is 13.7. The summed E-state index contributed by atoms with van der Waals surface area (Å²) in [6.07, 6.45) is 0.430. The van der Waals surface area contributed by atoms with E-state index in [4.69, 9.17) is 9.52 Å². The van der Waals surface area contributed by atoms with Crippen molar-refractivity contribution in [2.45, 2.75) is 26.8 Å². The first kappa shape index (κ1) is 14.3. The van der Waals surface area contributed by atoms with Crippen LogP contribution in [0.3, 0.4) is 0 Å². The number of amides is 1. The number of aryl methyl sites for hydroxylation is 2. The number of rotatable bonds is 5. The molecule has 106 valence electrons. The lowest BCUT2D eigenvalue weighted by Crippen LogP contribution is -2.22. The lowest BCUT2D eigenvalue weighted by molar-refractivity contribution is 0.0694. The molecule has 2 N–H and O–H groups in total. The fourth-order valence-electron chi connectivity index (χ4n) is 1.82. The molecular weight excluding hydrogens is 278 g/mol. The Hall–Kier alpha value is -2.08. The average molecular weight is 293 g/mol. The second-order valence-electron chi connectivity index (χ2n) is 4.32. The summed E-state index contributed by atoms with van der Waals surface area (Å²) >= 11 is 1.57. The average Bonchev–Trinajstić information content (AvgIpc) is 3.02. The van der Waals surface area contributed by atoms with Crippen molar-refractivity contribution in [3.63, 3.8) is 0 Å². The van der Waals surface area contributed by atoms with Gasteiger partial charge in [-0.05, 0) is 23.9 Å². The highest BCUT2D eigenvalue weighted by Gasteiger charge is 2.19. The molecule has 6 heteroatoms. The summed E-state index contributed by atoms with van der Waals surface area (Å²) in [4.78, 5) is 24.0. The van der Waals surface area contributed by atoms with E-state index in [1.165, 1.54) is 6.07 Å². The van der Waals surface area contributed by atoms with Gasteiger partial charge in [0.25, 0.3) is 5.91 Å². The molecule has 5 nitrogen and oxygen atoms in total. The Morgan fingerprint density at radius 1 is 1.45 bits per heavy atom. The molecule has 0 saturated heterocycles. The van der Waals surface area contributed by atoms with Crippen LogP contribution in [-0.2, 0) is 13.0 Å². The van der Waals surface area contributed by atoms with Gasteiger partial charge in [0, 0.05) is 17.4 Å². The van der Waals surface area contributed by atoms with Gasteiger partial charge in [0.1, 0.15) is 11.3 Å². The molecule has 0 unspecified atom stereocenters. The zero-order valence-electron chi connectivity index (χ0n) is 11.2. The maximum absolute atomic E-state index is 12.0. The number of nitrogens with one attached hydrogen (secondary N) is 1. The van der Waals surface area contributed by atoms with Crippen molar-refractivity contribution >= 4 is 23.2 Å². The molecule has 0 radical (unpaired) electrons. The van der Waals surface area contributed by atoms with Crippen molar-refractivity contribution in [2.75, 3.05) is 0 Å². The molecule has 20 heavy (non-hydrogen) atoms. The number of hydrogen-bond donors (Lipinski definition) is 2. The van der Waals surface area contributed by atoms with E-state index >= 15 is 0 Å². The van der Waals surface area contributed by atoms with Crippen LogP contribution in [0.5, 0.6) is 0 Å². The fraction of sp³-hybridized carbons (Fsp3) is 0.286. The van der Waals surface area contributed by atoms with Crippen molar-refractivity contribution in [3.8, 4) is 0 Å². The minimum Gasteiger partial charge on any atom is -0.478 e. The van der Waals surface area contributed by atoms with Crippen molar-refractivity contribution in [2.24, 2.45) is 0 Å². The standard InChI is InChI=1S/C14H15NO4S/c1-3-10-9(14(17)18)6-11(19-10)13(16)15-7-12-8(2)4-5-20-12/h4-6H,3,7H2,1-2H3,(H,15,16)(H,17,18). The topological polar surface area (TPSA) is 79.5 Å². The van der Waals surface area contributed by atoms with Crippen LogP contribution in [0, 0.1) is 6.92 Å². The Bertz CT molecular complexity index is 641. The lowest BCUT2D eigenvalue weighted by Gasteiger charge is -2.02. The monoisotopic (exact) mass is 293 g/mol. The third kappa shape index (κ3) is 2.91. The predicted octanol–water partition coefficient (Wildman–Crippen LogP) is 2.84. The molecule has 0 spiro atoms. The molecule has 0 aliphatic heterocycles. The predicted molar refractivity (Wildman–Crippen MR) is 75.3 cm³/mol. The fourth-order valence-corrected chi connectivity index (χ4v) is 2.66. The smallest absolute Gasteiger partial charge is 0.339 e. The van der Waals surface area contributed by atoms with Gasteiger partial charge >= 0.3 is 5.97 Å². The number of aromatic carboxylic acids is 1. The van der Waals surface area contributed by atoms with Gasteiger partial charge < -0.3 is 14.8 Å². The normalized spacial score (nSPS) is 10.5. The van der Waals surface area contributed by atoms with Crippen LogP contribution in [0.2, 0.25) is 0 Å². The zero-order valence-corrected chi connectivity index (χ0v) is 12.0. The molecule has 0 aliphatic carbocycles. The highest BCUT2D eigenvalue weighted by atomic mass is 32.1. The highest BCUT2D eigenvalue weighted by molar-refractivity contribution is 7.10. The van der Waals surface area contributed by atoms with Gasteiger partial charge in [-0.2, -0.15) is 0 Å². The molecule has 0 fully saturated rings. The maximum atomic E-state index is 12.0. The first-order chi connectivity index (χ1) is 9.52. The minimum absolute atomic E-state index is 0.0356. The molecule has 1 amide bonds. The third-order valence-electron chi connectivity index (χ3n) is 2.96. The molecule has 0 aliphatic rings.